The van der Waals surface area contributed by atoms with Gasteiger partial charge in [-0.25, -0.2) is 4.68 Å². The molecule has 1 aromatic heterocycles. The van der Waals surface area contributed by atoms with Crippen LogP contribution in [0.1, 0.15) is 54.7 Å². The first-order chi connectivity index (χ1) is 16.7. The fraction of sp³-hybridized carbons (Fsp3) is 0.429. The van der Waals surface area contributed by atoms with Crippen molar-refractivity contribution in [2.75, 3.05) is 6.54 Å². The van der Waals surface area contributed by atoms with E-state index in [0.717, 1.165) is 34.1 Å². The van der Waals surface area contributed by atoms with Gasteiger partial charge in [0.05, 0.1) is 16.4 Å². The molecule has 0 spiro atoms. The van der Waals surface area contributed by atoms with Crippen LogP contribution < -0.4 is 10.1 Å². The highest BCUT2D eigenvalue weighted by Crippen LogP contribution is 2.61. The first kappa shape index (κ1) is 22.9. The molecule has 3 aromatic rings. The third-order valence-electron chi connectivity index (χ3n) is 8.63. The van der Waals surface area contributed by atoms with Crippen LogP contribution in [0.2, 0.25) is 10.0 Å². The van der Waals surface area contributed by atoms with Crippen molar-refractivity contribution in [1.29, 1.82) is 0 Å². The van der Waals surface area contributed by atoms with Gasteiger partial charge in [-0.2, -0.15) is 5.10 Å². The third-order valence-corrected chi connectivity index (χ3v) is 9.16. The molecule has 3 atom stereocenters. The van der Waals surface area contributed by atoms with Gasteiger partial charge in [-0.3, -0.25) is 4.79 Å². The van der Waals surface area contributed by atoms with Gasteiger partial charge < -0.3 is 10.1 Å². The Morgan fingerprint density at radius 2 is 2.03 bits per heavy atom. The van der Waals surface area contributed by atoms with Gasteiger partial charge in [0.25, 0.3) is 5.91 Å². The van der Waals surface area contributed by atoms with Gasteiger partial charge in [0, 0.05) is 22.7 Å². The van der Waals surface area contributed by atoms with Crippen LogP contribution in [0, 0.1) is 30.1 Å². The molecule has 1 aliphatic heterocycles. The van der Waals surface area contributed by atoms with Crippen molar-refractivity contribution in [3.63, 3.8) is 0 Å². The van der Waals surface area contributed by atoms with Crippen molar-refractivity contribution in [2.24, 2.45) is 23.2 Å². The van der Waals surface area contributed by atoms with Crippen molar-refractivity contribution in [3.05, 3.63) is 63.3 Å². The molecule has 4 aliphatic rings. The molecule has 3 unspecified atom stereocenters. The Kier molecular flexibility index (Phi) is 5.42. The minimum Gasteiger partial charge on any atom is -0.488 e. The minimum absolute atomic E-state index is 0.163. The monoisotopic (exact) mass is 509 g/mol. The molecule has 2 heterocycles. The van der Waals surface area contributed by atoms with Crippen LogP contribution in [0.15, 0.2) is 36.4 Å². The molecule has 0 saturated heterocycles. The quantitative estimate of drug-likeness (QED) is 0.418. The van der Waals surface area contributed by atoms with Crippen molar-refractivity contribution in [3.8, 4) is 22.7 Å². The predicted molar refractivity (Wildman–Crippen MR) is 139 cm³/mol. The van der Waals surface area contributed by atoms with Gasteiger partial charge in [0.1, 0.15) is 12.4 Å². The summed E-state index contributed by atoms with van der Waals surface area (Å²) < 4.78 is 7.84. The Balaban J connectivity index is 1.37. The van der Waals surface area contributed by atoms with E-state index in [-0.39, 0.29) is 12.5 Å². The molecule has 3 fully saturated rings. The second-order valence-electron chi connectivity index (χ2n) is 10.9. The van der Waals surface area contributed by atoms with E-state index in [2.05, 4.69) is 19.2 Å². The molecule has 5 nitrogen and oxygen atoms in total. The number of hydrogen-bond donors (Lipinski definition) is 1. The van der Waals surface area contributed by atoms with Crippen LogP contribution in [0.3, 0.4) is 0 Å². The van der Waals surface area contributed by atoms with Crippen LogP contribution in [-0.4, -0.2) is 22.2 Å². The Labute approximate surface area is 215 Å². The molecule has 2 aromatic carbocycles. The highest BCUT2D eigenvalue weighted by molar-refractivity contribution is 6.35. The summed E-state index contributed by atoms with van der Waals surface area (Å²) in [5.41, 5.74) is 5.06. The summed E-state index contributed by atoms with van der Waals surface area (Å²) in [7, 11) is 0. The topological polar surface area (TPSA) is 56.1 Å². The predicted octanol–water partition coefficient (Wildman–Crippen LogP) is 6.85. The van der Waals surface area contributed by atoms with Crippen LogP contribution >= 0.6 is 23.2 Å². The van der Waals surface area contributed by atoms with E-state index in [1.807, 2.05) is 31.2 Å². The standard InChI is InChI=1S/C28H29Cl2N3O2/c1-15-4-8-19-24(10-15)35-14-20-25(32-33(26(19)20)23-9-7-18(29)12-22(23)30)27(34)31-13-16-5-6-17-11-21(16)28(17,2)3/h4,7-10,12,16-17,21H,5-6,11,13-14H2,1-3H3,(H,31,34). The number of nitrogens with zero attached hydrogens (tertiary/aromatic N) is 2. The fourth-order valence-corrected chi connectivity index (χ4v) is 6.97. The lowest BCUT2D eigenvalue weighted by Gasteiger charge is -2.60. The Morgan fingerprint density at radius 1 is 1.20 bits per heavy atom. The molecule has 1 amide bonds. The maximum absolute atomic E-state index is 13.5. The number of hydrogen-bond acceptors (Lipinski definition) is 3. The second-order valence-corrected chi connectivity index (χ2v) is 11.7. The summed E-state index contributed by atoms with van der Waals surface area (Å²) in [6.07, 6.45) is 3.73. The minimum atomic E-state index is -0.163. The van der Waals surface area contributed by atoms with Gasteiger partial charge in [-0.15, -0.1) is 0 Å². The van der Waals surface area contributed by atoms with E-state index in [4.69, 9.17) is 33.0 Å². The summed E-state index contributed by atoms with van der Waals surface area (Å²) in [4.78, 5) is 13.5. The average molecular weight is 510 g/mol. The number of aromatic nitrogens is 2. The Morgan fingerprint density at radius 3 is 2.77 bits per heavy atom. The summed E-state index contributed by atoms with van der Waals surface area (Å²) in [6, 6.07) is 11.4. The first-order valence-electron chi connectivity index (χ1n) is 12.3. The van der Waals surface area contributed by atoms with Crippen LogP contribution in [-0.2, 0) is 6.61 Å². The lowest BCUT2D eigenvalue weighted by molar-refractivity contribution is -0.103. The molecule has 7 rings (SSSR count). The number of nitrogens with one attached hydrogen (secondary N) is 1. The highest BCUT2D eigenvalue weighted by Gasteiger charge is 2.54. The molecule has 2 bridgehead atoms. The molecule has 35 heavy (non-hydrogen) atoms. The molecule has 0 radical (unpaired) electrons. The Bertz CT molecular complexity index is 1340. The van der Waals surface area contributed by atoms with Crippen LogP contribution in [0.4, 0.5) is 0 Å². The van der Waals surface area contributed by atoms with Gasteiger partial charge >= 0.3 is 0 Å². The van der Waals surface area contributed by atoms with Crippen LogP contribution in [0.5, 0.6) is 5.75 Å². The van der Waals surface area contributed by atoms with Gasteiger partial charge in [-0.1, -0.05) is 43.1 Å². The van der Waals surface area contributed by atoms with Crippen molar-refractivity contribution in [1.82, 2.24) is 15.1 Å². The zero-order valence-corrected chi connectivity index (χ0v) is 21.7. The molecule has 7 heteroatoms. The summed E-state index contributed by atoms with van der Waals surface area (Å²) >= 11 is 12.7. The van der Waals surface area contributed by atoms with Crippen LogP contribution in [0.25, 0.3) is 16.9 Å². The summed E-state index contributed by atoms with van der Waals surface area (Å²) in [5.74, 6) is 2.65. The number of rotatable bonds is 4. The molecular weight excluding hydrogens is 481 g/mol. The van der Waals surface area contributed by atoms with Crippen molar-refractivity contribution < 1.29 is 9.53 Å². The number of aryl methyl sites for hydroxylation is 1. The smallest absolute Gasteiger partial charge is 0.272 e. The van der Waals surface area contributed by atoms with E-state index in [9.17, 15) is 4.79 Å². The summed E-state index contributed by atoms with van der Waals surface area (Å²) in [6.45, 7) is 7.75. The van der Waals surface area contributed by atoms with Crippen molar-refractivity contribution in [2.45, 2.75) is 46.6 Å². The van der Waals surface area contributed by atoms with Gasteiger partial charge in [-0.05, 0) is 85.3 Å². The average Bonchev–Trinajstić information content (AvgIpc) is 3.22. The van der Waals surface area contributed by atoms with E-state index in [1.165, 1.54) is 19.3 Å². The van der Waals surface area contributed by atoms with Crippen molar-refractivity contribution >= 4 is 29.1 Å². The van der Waals surface area contributed by atoms with Gasteiger partial charge in [0.15, 0.2) is 5.69 Å². The van der Waals surface area contributed by atoms with Gasteiger partial charge in [0.2, 0.25) is 0 Å². The number of amides is 1. The second kappa shape index (κ2) is 8.28. The number of carbonyl (C=O) groups is 1. The highest BCUT2D eigenvalue weighted by atomic mass is 35.5. The van der Waals surface area contributed by atoms with E-state index in [1.54, 1.807) is 16.8 Å². The Hall–Kier alpha value is -2.50. The summed E-state index contributed by atoms with van der Waals surface area (Å²) in [5, 5.41) is 9.02. The lowest BCUT2D eigenvalue weighted by Crippen LogP contribution is -2.54. The number of fused-ring (bicyclic) bond motifs is 5. The normalized spacial score (nSPS) is 23.5. The molecule has 182 valence electrons. The van der Waals surface area contributed by atoms with E-state index in [0.29, 0.717) is 45.2 Å². The number of ether oxygens (including phenoxy) is 1. The van der Waals surface area contributed by atoms with E-state index < -0.39 is 0 Å². The zero-order chi connectivity index (χ0) is 24.5. The fourth-order valence-electron chi connectivity index (χ4n) is 6.48. The molecule has 3 saturated carbocycles. The SMILES string of the molecule is Cc1ccc2c(c1)OCc1c(C(=O)NCC3CCC4CC3C4(C)C)nn(-c3ccc(Cl)cc3Cl)c1-2. The number of carbonyl (C=O) groups excluding carboxylic acids is 1. The third kappa shape index (κ3) is 3.66. The molecular formula is C28H29Cl2N3O2. The zero-order valence-electron chi connectivity index (χ0n) is 20.2. The number of benzene rings is 2. The molecule has 3 aliphatic carbocycles. The number of halogens is 2. The first-order valence-corrected chi connectivity index (χ1v) is 13.1. The molecule has 1 N–H and O–H groups in total. The maximum Gasteiger partial charge on any atom is 0.272 e. The maximum atomic E-state index is 13.5. The van der Waals surface area contributed by atoms with E-state index >= 15 is 0 Å². The largest absolute Gasteiger partial charge is 0.488 e. The lowest BCUT2D eigenvalue weighted by atomic mass is 9.45.